The van der Waals surface area contributed by atoms with Crippen LogP contribution in [0, 0.1) is 17.6 Å². The molecule has 3 aromatic rings. The highest BCUT2D eigenvalue weighted by Crippen LogP contribution is 2.45. The summed E-state index contributed by atoms with van der Waals surface area (Å²) in [5, 5.41) is 21.6. The zero-order valence-electron chi connectivity index (χ0n) is 22.6. The number of halogens is 2. The third-order valence-electron chi connectivity index (χ3n) is 7.94. The topological polar surface area (TPSA) is 112 Å². The van der Waals surface area contributed by atoms with Crippen LogP contribution in [0.25, 0.3) is 10.6 Å². The molecule has 2 unspecified atom stereocenters. The van der Waals surface area contributed by atoms with E-state index in [0.717, 1.165) is 29.9 Å². The summed E-state index contributed by atoms with van der Waals surface area (Å²) in [4.78, 5) is 42.6. The Bertz CT molecular complexity index is 1560. The summed E-state index contributed by atoms with van der Waals surface area (Å²) in [5.74, 6) is -2.48. The lowest BCUT2D eigenvalue weighted by atomic mass is 9.98. The molecule has 0 radical (unpaired) electrons. The number of benzene rings is 1. The Labute approximate surface area is 233 Å². The molecule has 5 rings (SSSR count). The normalized spacial score (nSPS) is 20.4. The molecule has 2 atom stereocenters. The van der Waals surface area contributed by atoms with Crippen molar-refractivity contribution in [2.75, 3.05) is 32.7 Å². The Hall–Kier alpha value is -3.87. The van der Waals surface area contributed by atoms with E-state index < -0.39 is 34.4 Å². The van der Waals surface area contributed by atoms with E-state index in [4.69, 9.17) is 0 Å². The van der Waals surface area contributed by atoms with Gasteiger partial charge in [-0.2, -0.15) is 0 Å². The van der Waals surface area contributed by atoms with E-state index in [9.17, 15) is 28.3 Å². The summed E-state index contributed by atoms with van der Waals surface area (Å²) in [6.45, 7) is 2.20. The summed E-state index contributed by atoms with van der Waals surface area (Å²) < 4.78 is 28.9. The Morgan fingerprint density at radius 1 is 1.25 bits per heavy atom. The van der Waals surface area contributed by atoms with Gasteiger partial charge in [0.1, 0.15) is 22.3 Å². The van der Waals surface area contributed by atoms with Gasteiger partial charge in [-0.05, 0) is 43.7 Å². The van der Waals surface area contributed by atoms with Gasteiger partial charge in [0.25, 0.3) is 5.91 Å². The molecule has 0 saturated heterocycles. The van der Waals surface area contributed by atoms with Gasteiger partial charge in [0.15, 0.2) is 16.5 Å². The molecular formula is C27H30F2N6O4S. The molecule has 2 amide bonds. The van der Waals surface area contributed by atoms with Gasteiger partial charge in [-0.15, -0.1) is 10.2 Å². The molecule has 10 nitrogen and oxygen atoms in total. The number of aromatic hydroxyl groups is 1. The Balaban J connectivity index is 1.51. The Kier molecular flexibility index (Phi) is 7.11. The molecule has 1 aliphatic heterocycles. The molecule has 40 heavy (non-hydrogen) atoms. The molecule has 0 bridgehead atoms. The van der Waals surface area contributed by atoms with E-state index in [1.165, 1.54) is 16.9 Å². The molecule has 1 saturated carbocycles. The van der Waals surface area contributed by atoms with Crippen molar-refractivity contribution in [1.29, 1.82) is 0 Å². The predicted molar refractivity (Wildman–Crippen MR) is 145 cm³/mol. The first-order chi connectivity index (χ1) is 19.0. The van der Waals surface area contributed by atoms with E-state index in [0.29, 0.717) is 30.8 Å². The number of hydrogen-bond acceptors (Lipinski definition) is 8. The fourth-order valence-electron chi connectivity index (χ4n) is 5.81. The van der Waals surface area contributed by atoms with Crippen LogP contribution in [0.3, 0.4) is 0 Å². The number of rotatable bonds is 6. The molecule has 1 aromatic carbocycles. The van der Waals surface area contributed by atoms with Gasteiger partial charge in [0, 0.05) is 52.8 Å². The monoisotopic (exact) mass is 572 g/mol. The maximum atomic E-state index is 14.2. The van der Waals surface area contributed by atoms with E-state index in [-0.39, 0.29) is 40.1 Å². The van der Waals surface area contributed by atoms with Gasteiger partial charge < -0.3 is 14.9 Å². The maximum Gasteiger partial charge on any atom is 0.278 e. The predicted octanol–water partition coefficient (Wildman–Crippen LogP) is 2.96. The second-order valence-corrected chi connectivity index (χ2v) is 11.5. The lowest BCUT2D eigenvalue weighted by Gasteiger charge is -2.52. The first-order valence-corrected chi connectivity index (χ1v) is 13.8. The Morgan fingerprint density at radius 2 is 2.00 bits per heavy atom. The third kappa shape index (κ3) is 4.51. The lowest BCUT2D eigenvalue weighted by Crippen LogP contribution is -2.68. The van der Waals surface area contributed by atoms with Gasteiger partial charge in [0.05, 0.1) is 5.56 Å². The van der Waals surface area contributed by atoms with Crippen molar-refractivity contribution in [3.63, 3.8) is 0 Å². The largest absolute Gasteiger partial charge is 0.502 e. The minimum atomic E-state index is -0.767. The molecule has 1 spiro atoms. The lowest BCUT2D eigenvalue weighted by molar-refractivity contribution is -0.129. The molecule has 2 aliphatic rings. The summed E-state index contributed by atoms with van der Waals surface area (Å²) in [5.41, 5.74) is -1.39. The molecule has 212 valence electrons. The number of carbonyl (C=O) groups excluding carboxylic acids is 2. The summed E-state index contributed by atoms with van der Waals surface area (Å²) in [7, 11) is 5.23. The Morgan fingerprint density at radius 3 is 2.67 bits per heavy atom. The molecule has 1 fully saturated rings. The van der Waals surface area contributed by atoms with Crippen LogP contribution >= 0.6 is 11.3 Å². The fourth-order valence-corrected chi connectivity index (χ4v) is 6.68. The van der Waals surface area contributed by atoms with Gasteiger partial charge in [-0.25, -0.2) is 8.78 Å². The highest BCUT2D eigenvalue weighted by molar-refractivity contribution is 7.14. The van der Waals surface area contributed by atoms with Crippen molar-refractivity contribution in [2.24, 2.45) is 5.92 Å². The highest BCUT2D eigenvalue weighted by Gasteiger charge is 2.53. The van der Waals surface area contributed by atoms with Gasteiger partial charge in [-0.1, -0.05) is 17.4 Å². The highest BCUT2D eigenvalue weighted by atomic mass is 32.1. The standard InChI is InChI=1S/C27H30F2N6O4S/c1-5-34-26(39)22-24(38)23(37)18(25-31-30-20(40-25)11-16-6-7-17(28)12-19(16)29)14-35(22)33(4)27(34)9-8-15(13-27)10-21(36)32(2)3/h6-7,12,14-15,38H,5,8-11,13H2,1-4H3. The zero-order chi connectivity index (χ0) is 28.9. The number of amides is 2. The van der Waals surface area contributed by atoms with Gasteiger partial charge in [-0.3, -0.25) is 24.1 Å². The van der Waals surface area contributed by atoms with Gasteiger partial charge >= 0.3 is 0 Å². The fraction of sp³-hybridized carbons (Fsp3) is 0.444. The molecule has 1 aliphatic carbocycles. The molecule has 1 N–H and O–H groups in total. The minimum absolute atomic E-state index is 0.0199. The van der Waals surface area contributed by atoms with Crippen molar-refractivity contribution >= 4 is 23.2 Å². The van der Waals surface area contributed by atoms with E-state index in [1.807, 2.05) is 11.9 Å². The quantitative estimate of drug-likeness (QED) is 0.484. The molecule has 13 heteroatoms. The van der Waals surface area contributed by atoms with Crippen LogP contribution in [-0.2, 0) is 11.2 Å². The average molecular weight is 573 g/mol. The number of pyridine rings is 1. The number of nitrogens with zero attached hydrogens (tertiary/aromatic N) is 6. The van der Waals surface area contributed by atoms with Crippen LogP contribution < -0.4 is 10.4 Å². The number of fused-ring (bicyclic) bond motifs is 1. The average Bonchev–Trinajstić information content (AvgIpc) is 3.54. The molecule has 2 aromatic heterocycles. The van der Waals surface area contributed by atoms with Crippen LogP contribution in [0.1, 0.15) is 53.7 Å². The van der Waals surface area contributed by atoms with Crippen molar-refractivity contribution < 1.29 is 23.5 Å². The van der Waals surface area contributed by atoms with Gasteiger partial charge in [0.2, 0.25) is 11.3 Å². The summed E-state index contributed by atoms with van der Waals surface area (Å²) in [6.07, 6.45) is 3.79. The second-order valence-electron chi connectivity index (χ2n) is 10.5. The van der Waals surface area contributed by atoms with Crippen molar-refractivity contribution in [2.45, 2.75) is 44.7 Å². The number of carbonyl (C=O) groups is 2. The van der Waals surface area contributed by atoms with Crippen LogP contribution in [0.4, 0.5) is 8.78 Å². The molecule has 3 heterocycles. The van der Waals surface area contributed by atoms with E-state index in [2.05, 4.69) is 10.2 Å². The van der Waals surface area contributed by atoms with Crippen molar-refractivity contribution in [1.82, 2.24) is 24.7 Å². The summed E-state index contributed by atoms with van der Waals surface area (Å²) in [6, 6.07) is 3.27. The van der Waals surface area contributed by atoms with Crippen LogP contribution in [0.5, 0.6) is 5.75 Å². The number of hydrogen-bond donors (Lipinski definition) is 1. The SMILES string of the molecule is CCN1C(=O)c2c(O)c(=O)c(-c3nnc(Cc4ccc(F)cc4F)s3)cn2N(C)C12CCC(CC(=O)N(C)C)C2. The summed E-state index contributed by atoms with van der Waals surface area (Å²) >= 11 is 1.04. The first kappa shape index (κ1) is 27.7. The first-order valence-electron chi connectivity index (χ1n) is 13.0. The second kappa shape index (κ2) is 10.3. The zero-order valence-corrected chi connectivity index (χ0v) is 23.5. The minimum Gasteiger partial charge on any atom is -0.502 e. The van der Waals surface area contributed by atoms with E-state index in [1.54, 1.807) is 30.9 Å². The van der Waals surface area contributed by atoms with Crippen molar-refractivity contribution in [3.05, 3.63) is 62.5 Å². The van der Waals surface area contributed by atoms with E-state index >= 15 is 0 Å². The van der Waals surface area contributed by atoms with Crippen LogP contribution in [-0.4, -0.2) is 74.9 Å². The third-order valence-corrected chi connectivity index (χ3v) is 8.90. The van der Waals surface area contributed by atoms with Crippen molar-refractivity contribution in [3.8, 4) is 16.3 Å². The molecular weight excluding hydrogens is 542 g/mol. The van der Waals surface area contributed by atoms with Crippen LogP contribution in [0.15, 0.2) is 29.2 Å². The number of aromatic nitrogens is 3. The maximum absolute atomic E-state index is 14.2. The smallest absolute Gasteiger partial charge is 0.278 e. The van der Waals surface area contributed by atoms with Crippen LogP contribution in [0.2, 0.25) is 0 Å².